The van der Waals surface area contributed by atoms with Crippen LogP contribution in [0.1, 0.15) is 23.3 Å². The summed E-state index contributed by atoms with van der Waals surface area (Å²) < 4.78 is 5.27. The zero-order valence-corrected chi connectivity index (χ0v) is 13.9. The molecule has 0 aliphatic rings. The van der Waals surface area contributed by atoms with Gasteiger partial charge in [0.1, 0.15) is 5.75 Å². The normalized spacial score (nSPS) is 11.8. The van der Waals surface area contributed by atoms with Gasteiger partial charge in [-0.1, -0.05) is 36.4 Å². The molecule has 3 nitrogen and oxygen atoms in total. The van der Waals surface area contributed by atoms with E-state index in [-0.39, 0.29) is 11.2 Å². The van der Waals surface area contributed by atoms with E-state index in [1.54, 1.807) is 18.9 Å². The van der Waals surface area contributed by atoms with Crippen molar-refractivity contribution in [1.82, 2.24) is 0 Å². The Morgan fingerprint density at radius 2 is 1.95 bits per heavy atom. The molecule has 1 amide bonds. The van der Waals surface area contributed by atoms with Gasteiger partial charge in [0.15, 0.2) is 0 Å². The average Bonchev–Trinajstić information content (AvgIpc) is 2.53. The molecule has 116 valence electrons. The monoisotopic (exact) mass is 315 g/mol. The van der Waals surface area contributed by atoms with E-state index in [1.165, 1.54) is 5.56 Å². The van der Waals surface area contributed by atoms with Crippen molar-refractivity contribution < 1.29 is 9.53 Å². The number of anilines is 1. The molecule has 0 spiro atoms. The van der Waals surface area contributed by atoms with Crippen LogP contribution in [-0.4, -0.2) is 18.8 Å². The second kappa shape index (κ2) is 7.90. The van der Waals surface area contributed by atoms with Crippen molar-refractivity contribution in [3.8, 4) is 5.75 Å². The number of benzene rings is 2. The molecule has 0 aliphatic carbocycles. The molecule has 2 rings (SSSR count). The predicted octanol–water partition coefficient (Wildman–Crippen LogP) is 4.44. The summed E-state index contributed by atoms with van der Waals surface area (Å²) in [6.07, 6.45) is 0. The Morgan fingerprint density at radius 1 is 1.23 bits per heavy atom. The molecule has 4 heteroatoms. The van der Waals surface area contributed by atoms with Crippen LogP contribution in [0.5, 0.6) is 5.75 Å². The Labute approximate surface area is 136 Å². The standard InChI is InChI=1S/C18H21NO2S/c1-13-9-10-17(21-3)16(11-13)19-18(20)12-22-14(2)15-7-5-4-6-8-15/h4-11,14H,12H2,1-3H3,(H,19,20)/t14-/m0/s1. The lowest BCUT2D eigenvalue weighted by Crippen LogP contribution is -2.15. The van der Waals surface area contributed by atoms with Gasteiger partial charge in [0.25, 0.3) is 0 Å². The van der Waals surface area contributed by atoms with Crippen molar-refractivity contribution >= 4 is 23.4 Å². The number of rotatable bonds is 6. The van der Waals surface area contributed by atoms with Crippen LogP contribution in [0, 0.1) is 6.92 Å². The number of methoxy groups -OCH3 is 1. The summed E-state index contributed by atoms with van der Waals surface area (Å²) in [6, 6.07) is 15.9. The van der Waals surface area contributed by atoms with Crippen LogP contribution in [0.25, 0.3) is 0 Å². The molecule has 0 aromatic heterocycles. The molecule has 0 radical (unpaired) electrons. The van der Waals surface area contributed by atoms with Crippen molar-refractivity contribution in [3.05, 3.63) is 59.7 Å². The molecule has 0 saturated carbocycles. The van der Waals surface area contributed by atoms with Crippen molar-refractivity contribution in [3.63, 3.8) is 0 Å². The number of nitrogens with one attached hydrogen (secondary N) is 1. The molecular weight excluding hydrogens is 294 g/mol. The number of thioether (sulfide) groups is 1. The maximum atomic E-state index is 12.1. The second-order valence-corrected chi connectivity index (χ2v) is 6.44. The number of amides is 1. The third-order valence-electron chi connectivity index (χ3n) is 3.36. The van der Waals surface area contributed by atoms with E-state index in [2.05, 4.69) is 24.4 Å². The molecule has 0 heterocycles. The van der Waals surface area contributed by atoms with E-state index in [4.69, 9.17) is 4.74 Å². The highest BCUT2D eigenvalue weighted by Gasteiger charge is 2.11. The van der Waals surface area contributed by atoms with Crippen LogP contribution in [0.3, 0.4) is 0 Å². The van der Waals surface area contributed by atoms with Crippen LogP contribution in [0.4, 0.5) is 5.69 Å². The smallest absolute Gasteiger partial charge is 0.234 e. The number of hydrogen-bond acceptors (Lipinski definition) is 3. The summed E-state index contributed by atoms with van der Waals surface area (Å²) in [5.41, 5.74) is 3.04. The van der Waals surface area contributed by atoms with Crippen molar-refractivity contribution in [2.75, 3.05) is 18.2 Å². The van der Waals surface area contributed by atoms with Gasteiger partial charge in [0, 0.05) is 5.25 Å². The van der Waals surface area contributed by atoms with E-state index < -0.39 is 0 Å². The number of ether oxygens (including phenoxy) is 1. The molecule has 0 saturated heterocycles. The Morgan fingerprint density at radius 3 is 2.64 bits per heavy atom. The quantitative estimate of drug-likeness (QED) is 0.856. The predicted molar refractivity (Wildman–Crippen MR) is 93.7 cm³/mol. The fraction of sp³-hybridized carbons (Fsp3) is 0.278. The van der Waals surface area contributed by atoms with Gasteiger partial charge in [-0.2, -0.15) is 0 Å². The average molecular weight is 315 g/mol. The van der Waals surface area contributed by atoms with E-state index >= 15 is 0 Å². The van der Waals surface area contributed by atoms with Gasteiger partial charge in [0.05, 0.1) is 18.6 Å². The molecule has 1 atom stereocenters. The topological polar surface area (TPSA) is 38.3 Å². The van der Waals surface area contributed by atoms with E-state index in [9.17, 15) is 4.79 Å². The summed E-state index contributed by atoms with van der Waals surface area (Å²) in [5.74, 6) is 1.07. The third kappa shape index (κ3) is 4.53. The highest BCUT2D eigenvalue weighted by molar-refractivity contribution is 8.00. The number of hydrogen-bond donors (Lipinski definition) is 1. The number of carbonyl (C=O) groups excluding carboxylic acids is 1. The lowest BCUT2D eigenvalue weighted by Gasteiger charge is -2.13. The SMILES string of the molecule is COc1ccc(C)cc1NC(=O)CS[C@@H](C)c1ccccc1. The zero-order valence-electron chi connectivity index (χ0n) is 13.1. The van der Waals surface area contributed by atoms with Crippen molar-refractivity contribution in [1.29, 1.82) is 0 Å². The minimum Gasteiger partial charge on any atom is -0.495 e. The van der Waals surface area contributed by atoms with Crippen LogP contribution < -0.4 is 10.1 Å². The summed E-state index contributed by atoms with van der Waals surface area (Å²) in [4.78, 5) is 12.1. The second-order valence-electron chi connectivity index (χ2n) is 5.12. The highest BCUT2D eigenvalue weighted by Crippen LogP contribution is 2.29. The Bertz CT molecular complexity index is 628. The minimum absolute atomic E-state index is 0.0170. The van der Waals surface area contributed by atoms with Gasteiger partial charge >= 0.3 is 0 Å². The maximum Gasteiger partial charge on any atom is 0.234 e. The first-order chi connectivity index (χ1) is 10.6. The third-order valence-corrected chi connectivity index (χ3v) is 4.56. The fourth-order valence-corrected chi connectivity index (χ4v) is 2.95. The Kier molecular flexibility index (Phi) is 5.90. The summed E-state index contributed by atoms with van der Waals surface area (Å²) in [6.45, 7) is 4.10. The van der Waals surface area contributed by atoms with Crippen LogP contribution >= 0.6 is 11.8 Å². The number of aryl methyl sites for hydroxylation is 1. The molecule has 2 aromatic rings. The summed E-state index contributed by atoms with van der Waals surface area (Å²) in [7, 11) is 1.60. The molecule has 0 unspecified atom stereocenters. The van der Waals surface area contributed by atoms with Gasteiger partial charge in [0.2, 0.25) is 5.91 Å². The largest absolute Gasteiger partial charge is 0.495 e. The van der Waals surface area contributed by atoms with Gasteiger partial charge < -0.3 is 10.1 Å². The lowest BCUT2D eigenvalue weighted by molar-refractivity contribution is -0.113. The lowest BCUT2D eigenvalue weighted by atomic mass is 10.2. The van der Waals surface area contributed by atoms with Crippen molar-refractivity contribution in [2.24, 2.45) is 0 Å². The van der Waals surface area contributed by atoms with Crippen molar-refractivity contribution in [2.45, 2.75) is 19.1 Å². The molecule has 22 heavy (non-hydrogen) atoms. The van der Waals surface area contributed by atoms with Gasteiger partial charge in [-0.05, 0) is 37.1 Å². The Hall–Kier alpha value is -1.94. The number of carbonyl (C=O) groups is 1. The molecular formula is C18H21NO2S. The van der Waals surface area contributed by atoms with Gasteiger partial charge in [-0.3, -0.25) is 4.79 Å². The minimum atomic E-state index is -0.0170. The van der Waals surface area contributed by atoms with Crippen LogP contribution in [0.15, 0.2) is 48.5 Å². The molecule has 0 fully saturated rings. The highest BCUT2D eigenvalue weighted by atomic mass is 32.2. The first kappa shape index (κ1) is 16.4. The molecule has 2 aromatic carbocycles. The first-order valence-electron chi connectivity index (χ1n) is 7.21. The van der Waals surface area contributed by atoms with Crippen LogP contribution in [0.2, 0.25) is 0 Å². The van der Waals surface area contributed by atoms with E-state index in [0.717, 1.165) is 11.3 Å². The maximum absolute atomic E-state index is 12.1. The van der Waals surface area contributed by atoms with Gasteiger partial charge in [-0.15, -0.1) is 11.8 Å². The van der Waals surface area contributed by atoms with Gasteiger partial charge in [-0.25, -0.2) is 0 Å². The van der Waals surface area contributed by atoms with Crippen LogP contribution in [-0.2, 0) is 4.79 Å². The fourth-order valence-electron chi connectivity index (χ4n) is 2.13. The molecule has 0 bridgehead atoms. The van der Waals surface area contributed by atoms with E-state index in [1.807, 2.05) is 43.3 Å². The zero-order chi connectivity index (χ0) is 15.9. The Balaban J connectivity index is 1.92. The first-order valence-corrected chi connectivity index (χ1v) is 8.26. The van der Waals surface area contributed by atoms with E-state index in [0.29, 0.717) is 11.5 Å². The summed E-state index contributed by atoms with van der Waals surface area (Å²) >= 11 is 1.62. The molecule has 0 aliphatic heterocycles. The summed E-state index contributed by atoms with van der Waals surface area (Å²) in [5, 5.41) is 3.21. The molecule has 1 N–H and O–H groups in total.